The van der Waals surface area contributed by atoms with Crippen molar-refractivity contribution in [2.24, 2.45) is 0 Å². The number of hydrogen-bond donors (Lipinski definition) is 0. The van der Waals surface area contributed by atoms with Gasteiger partial charge in [-0.2, -0.15) is 13.8 Å². The molecule has 30 heavy (non-hydrogen) atoms. The fourth-order valence-electron chi connectivity index (χ4n) is 2.93. The van der Waals surface area contributed by atoms with Gasteiger partial charge in [-0.1, -0.05) is 0 Å². The fraction of sp³-hybridized carbons (Fsp3) is 0.105. The van der Waals surface area contributed by atoms with E-state index in [1.165, 1.54) is 36.7 Å². The van der Waals surface area contributed by atoms with Crippen molar-refractivity contribution in [2.75, 3.05) is 0 Å². The van der Waals surface area contributed by atoms with Crippen molar-refractivity contribution in [2.45, 2.75) is 13.2 Å². The summed E-state index contributed by atoms with van der Waals surface area (Å²) in [6, 6.07) is 8.33. The molecule has 152 valence electrons. The number of alkyl halides is 2. The number of aromatic nitrogens is 5. The smallest absolute Gasteiger partial charge is 0.387 e. The van der Waals surface area contributed by atoms with Crippen LogP contribution in [0.1, 0.15) is 5.56 Å². The molecule has 4 rings (SSSR count). The number of nitrogens with zero attached hydrogens (tertiary/aromatic N) is 5. The Morgan fingerprint density at radius 3 is 2.43 bits per heavy atom. The average molecular weight is 432 g/mol. The standard InChI is InChI=1S/C19H12ClF2N5O3/c20-17-23-8-11(9-24-17)10-26-7-1-2-14-15(26)25-19(29)27(16(14)28)12-3-5-13(6-4-12)30-18(21)22/h1-9,18H,10H2. The summed E-state index contributed by atoms with van der Waals surface area (Å²) in [6.07, 6.45) is 4.73. The van der Waals surface area contributed by atoms with Crippen LogP contribution < -0.4 is 16.0 Å². The molecule has 1 aromatic carbocycles. The summed E-state index contributed by atoms with van der Waals surface area (Å²) < 4.78 is 31.4. The molecule has 3 heterocycles. The van der Waals surface area contributed by atoms with Gasteiger partial charge >= 0.3 is 12.3 Å². The first kappa shape index (κ1) is 19.6. The highest BCUT2D eigenvalue weighted by Crippen LogP contribution is 2.18. The van der Waals surface area contributed by atoms with Crippen molar-refractivity contribution in [3.05, 3.63) is 86.7 Å². The second kappa shape index (κ2) is 7.99. The Labute approximate surface area is 172 Å². The zero-order valence-electron chi connectivity index (χ0n) is 15.1. The van der Waals surface area contributed by atoms with Crippen LogP contribution in [0.2, 0.25) is 5.28 Å². The SMILES string of the molecule is O=c1nc2n(Cc3cnc(Cl)nc3)cccc-2c(=O)n1-c1ccc(OC(F)F)cc1. The highest BCUT2D eigenvalue weighted by Gasteiger charge is 2.18. The first-order chi connectivity index (χ1) is 14.4. The topological polar surface area (TPSA) is 91.9 Å². The monoisotopic (exact) mass is 431 g/mol. The molecule has 0 bridgehead atoms. The van der Waals surface area contributed by atoms with E-state index in [1.54, 1.807) is 22.9 Å². The van der Waals surface area contributed by atoms with E-state index in [2.05, 4.69) is 19.7 Å². The van der Waals surface area contributed by atoms with Crippen molar-refractivity contribution in [1.29, 1.82) is 0 Å². The number of benzene rings is 1. The van der Waals surface area contributed by atoms with Gasteiger partial charge < -0.3 is 9.30 Å². The summed E-state index contributed by atoms with van der Waals surface area (Å²) in [5.74, 6) is 0.0994. The third kappa shape index (κ3) is 3.90. The molecule has 11 heteroatoms. The van der Waals surface area contributed by atoms with E-state index in [9.17, 15) is 18.4 Å². The van der Waals surface area contributed by atoms with Gasteiger partial charge in [0.15, 0.2) is 5.82 Å². The molecule has 2 aliphatic heterocycles. The molecule has 0 saturated heterocycles. The normalized spacial score (nSPS) is 11.2. The number of pyridine rings is 1. The molecule has 0 radical (unpaired) electrons. The average Bonchev–Trinajstić information content (AvgIpc) is 2.71. The van der Waals surface area contributed by atoms with Crippen LogP contribution in [0.3, 0.4) is 0 Å². The van der Waals surface area contributed by atoms with Crippen LogP contribution in [0.25, 0.3) is 17.1 Å². The van der Waals surface area contributed by atoms with E-state index in [-0.39, 0.29) is 34.7 Å². The molecule has 0 atom stereocenters. The molecule has 0 unspecified atom stereocenters. The molecular formula is C19H12ClF2N5O3. The van der Waals surface area contributed by atoms with Gasteiger partial charge in [0.05, 0.1) is 17.8 Å². The molecular weight excluding hydrogens is 420 g/mol. The maximum atomic E-state index is 13.0. The van der Waals surface area contributed by atoms with Crippen molar-refractivity contribution in [3.63, 3.8) is 0 Å². The molecule has 0 fully saturated rings. The van der Waals surface area contributed by atoms with Gasteiger partial charge in [0.25, 0.3) is 5.56 Å². The van der Waals surface area contributed by atoms with Crippen molar-refractivity contribution >= 4 is 11.6 Å². The molecule has 2 aromatic rings. The predicted octanol–water partition coefficient (Wildman–Crippen LogP) is 2.59. The van der Waals surface area contributed by atoms with E-state index >= 15 is 0 Å². The van der Waals surface area contributed by atoms with E-state index in [4.69, 9.17) is 11.6 Å². The molecule has 0 aliphatic carbocycles. The Hall–Kier alpha value is -3.66. The lowest BCUT2D eigenvalue weighted by molar-refractivity contribution is -0.0498. The highest BCUT2D eigenvalue weighted by molar-refractivity contribution is 6.28. The Bertz CT molecular complexity index is 1270. The lowest BCUT2D eigenvalue weighted by atomic mass is 10.2. The Kier molecular flexibility index (Phi) is 5.23. The van der Waals surface area contributed by atoms with Crippen molar-refractivity contribution in [3.8, 4) is 22.8 Å². The lowest BCUT2D eigenvalue weighted by Crippen LogP contribution is -2.36. The van der Waals surface area contributed by atoms with Crippen LogP contribution in [-0.4, -0.2) is 30.7 Å². The molecule has 8 nitrogen and oxygen atoms in total. The summed E-state index contributed by atoms with van der Waals surface area (Å²) in [5, 5.41) is 0.106. The largest absolute Gasteiger partial charge is 0.435 e. The second-order valence-corrected chi connectivity index (χ2v) is 6.48. The van der Waals surface area contributed by atoms with Crippen molar-refractivity contribution < 1.29 is 13.5 Å². The van der Waals surface area contributed by atoms with Gasteiger partial charge in [-0.15, -0.1) is 0 Å². The highest BCUT2D eigenvalue weighted by atomic mass is 35.5. The van der Waals surface area contributed by atoms with Crippen LogP contribution in [0.5, 0.6) is 5.75 Å². The van der Waals surface area contributed by atoms with Crippen LogP contribution in [0, 0.1) is 0 Å². The molecule has 0 spiro atoms. The predicted molar refractivity (Wildman–Crippen MR) is 103 cm³/mol. The van der Waals surface area contributed by atoms with Gasteiger partial charge in [0, 0.05) is 24.2 Å². The fourth-order valence-corrected chi connectivity index (χ4v) is 3.03. The first-order valence-corrected chi connectivity index (χ1v) is 8.94. The van der Waals surface area contributed by atoms with Crippen LogP contribution in [-0.2, 0) is 6.54 Å². The quantitative estimate of drug-likeness (QED) is 0.451. The minimum atomic E-state index is -2.97. The number of ether oxygens (including phenoxy) is 1. The maximum Gasteiger partial charge on any atom is 0.387 e. The Balaban J connectivity index is 1.77. The van der Waals surface area contributed by atoms with E-state index in [0.29, 0.717) is 5.56 Å². The van der Waals surface area contributed by atoms with Gasteiger partial charge in [0.2, 0.25) is 5.28 Å². The summed E-state index contributed by atoms with van der Waals surface area (Å²) in [6.45, 7) is -2.71. The summed E-state index contributed by atoms with van der Waals surface area (Å²) in [5.41, 5.74) is -0.302. The first-order valence-electron chi connectivity index (χ1n) is 8.56. The number of fused-ring (bicyclic) bond motifs is 1. The molecule has 1 aromatic heterocycles. The third-order valence-corrected chi connectivity index (χ3v) is 4.41. The maximum absolute atomic E-state index is 13.0. The minimum Gasteiger partial charge on any atom is -0.435 e. The zero-order valence-corrected chi connectivity index (χ0v) is 15.8. The Morgan fingerprint density at radius 2 is 1.77 bits per heavy atom. The lowest BCUT2D eigenvalue weighted by Gasteiger charge is -2.15. The summed E-state index contributed by atoms with van der Waals surface area (Å²) in [4.78, 5) is 37.4. The van der Waals surface area contributed by atoms with E-state index in [1.807, 2.05) is 0 Å². The zero-order chi connectivity index (χ0) is 21.3. The molecule has 0 N–H and O–H groups in total. The van der Waals surface area contributed by atoms with Crippen LogP contribution >= 0.6 is 11.6 Å². The Morgan fingerprint density at radius 1 is 1.07 bits per heavy atom. The molecule has 0 saturated carbocycles. The van der Waals surface area contributed by atoms with Gasteiger partial charge in [-0.3, -0.25) is 4.79 Å². The number of halogens is 3. The third-order valence-electron chi connectivity index (χ3n) is 4.22. The molecule has 0 amide bonds. The number of rotatable bonds is 5. The van der Waals surface area contributed by atoms with Crippen molar-refractivity contribution in [1.82, 2.24) is 24.1 Å². The van der Waals surface area contributed by atoms with Gasteiger partial charge in [-0.05, 0) is 48.0 Å². The number of hydrogen-bond acceptors (Lipinski definition) is 6. The van der Waals surface area contributed by atoms with E-state index in [0.717, 1.165) is 4.57 Å². The van der Waals surface area contributed by atoms with Crippen LogP contribution in [0.15, 0.2) is 64.6 Å². The van der Waals surface area contributed by atoms with E-state index < -0.39 is 17.9 Å². The summed E-state index contributed by atoms with van der Waals surface area (Å²) in [7, 11) is 0. The molecule has 2 aliphatic rings. The van der Waals surface area contributed by atoms with Gasteiger partial charge in [0.1, 0.15) is 5.75 Å². The summed E-state index contributed by atoms with van der Waals surface area (Å²) >= 11 is 5.69. The second-order valence-electron chi connectivity index (χ2n) is 6.14. The van der Waals surface area contributed by atoms with Gasteiger partial charge in [-0.25, -0.2) is 19.3 Å². The van der Waals surface area contributed by atoms with Crippen LogP contribution in [0.4, 0.5) is 8.78 Å². The minimum absolute atomic E-state index is 0.0916.